The Labute approximate surface area is 182 Å². The lowest BCUT2D eigenvalue weighted by Gasteiger charge is -2.20. The maximum atomic E-state index is 13.9. The lowest BCUT2D eigenvalue weighted by molar-refractivity contribution is -0.122. The molecule has 0 fully saturated rings. The molecular weight excluding hydrogens is 417 g/mol. The number of ether oxygens (including phenoxy) is 1. The first-order valence-electron chi connectivity index (χ1n) is 9.76. The van der Waals surface area contributed by atoms with Gasteiger partial charge in [0.25, 0.3) is 0 Å². The Morgan fingerprint density at radius 1 is 1.13 bits per heavy atom. The minimum Gasteiger partial charge on any atom is -0.488 e. The number of aromatic nitrogens is 2. The number of nitrogens with zero attached hydrogens (tertiary/aromatic N) is 2. The second-order valence-electron chi connectivity index (χ2n) is 6.80. The Morgan fingerprint density at radius 3 is 2.71 bits per heavy atom. The summed E-state index contributed by atoms with van der Waals surface area (Å²) in [6, 6.07) is 17.1. The highest BCUT2D eigenvalue weighted by Crippen LogP contribution is 2.21. The average Bonchev–Trinajstić information content (AvgIpc) is 3.49. The van der Waals surface area contributed by atoms with E-state index in [1.807, 2.05) is 47.2 Å². The second kappa shape index (κ2) is 9.99. The lowest BCUT2D eigenvalue weighted by atomic mass is 10.1. The van der Waals surface area contributed by atoms with Crippen molar-refractivity contribution in [1.82, 2.24) is 15.5 Å². The van der Waals surface area contributed by atoms with E-state index in [1.54, 1.807) is 29.5 Å². The van der Waals surface area contributed by atoms with Gasteiger partial charge >= 0.3 is 0 Å². The number of carbonyl (C=O) groups is 1. The van der Waals surface area contributed by atoms with E-state index in [9.17, 15) is 9.18 Å². The highest BCUT2D eigenvalue weighted by molar-refractivity contribution is 7.08. The molecule has 4 aromatic rings. The van der Waals surface area contributed by atoms with Crippen LogP contribution in [0.5, 0.6) is 5.75 Å². The predicted octanol–water partition coefficient (Wildman–Crippen LogP) is 4.81. The van der Waals surface area contributed by atoms with Crippen LogP contribution in [0.25, 0.3) is 11.4 Å². The molecule has 4 rings (SSSR count). The number of para-hydroxylation sites is 1. The molecule has 0 saturated heterocycles. The van der Waals surface area contributed by atoms with Crippen LogP contribution in [0.15, 0.2) is 75.9 Å². The number of amides is 1. The van der Waals surface area contributed by atoms with E-state index in [0.717, 1.165) is 11.1 Å². The normalized spacial score (nSPS) is 11.8. The van der Waals surface area contributed by atoms with E-state index in [0.29, 0.717) is 18.1 Å². The Balaban J connectivity index is 1.37. The molecule has 0 spiro atoms. The second-order valence-corrected chi connectivity index (χ2v) is 7.58. The van der Waals surface area contributed by atoms with Crippen molar-refractivity contribution in [2.45, 2.75) is 18.9 Å². The maximum absolute atomic E-state index is 13.9. The predicted molar refractivity (Wildman–Crippen MR) is 115 cm³/mol. The van der Waals surface area contributed by atoms with Gasteiger partial charge in [-0.05, 0) is 29.1 Å². The number of rotatable bonds is 9. The third-order valence-corrected chi connectivity index (χ3v) is 5.28. The number of halogens is 1. The summed E-state index contributed by atoms with van der Waals surface area (Å²) in [5.41, 5.74) is 1.75. The minimum atomic E-state index is -0.446. The fraction of sp³-hybridized carbons (Fsp3) is 0.174. The molecule has 158 valence electrons. The van der Waals surface area contributed by atoms with Crippen molar-refractivity contribution in [3.8, 4) is 17.1 Å². The summed E-state index contributed by atoms with van der Waals surface area (Å²) < 4.78 is 24.8. The van der Waals surface area contributed by atoms with Crippen LogP contribution in [0.4, 0.5) is 4.39 Å². The molecule has 1 N–H and O–H groups in total. The van der Waals surface area contributed by atoms with Crippen LogP contribution in [0, 0.1) is 5.82 Å². The van der Waals surface area contributed by atoms with Crippen LogP contribution >= 0.6 is 11.3 Å². The minimum absolute atomic E-state index is 0.0968. The van der Waals surface area contributed by atoms with Crippen LogP contribution < -0.4 is 10.1 Å². The van der Waals surface area contributed by atoms with Gasteiger partial charge in [-0.1, -0.05) is 47.6 Å². The summed E-state index contributed by atoms with van der Waals surface area (Å²) in [5.74, 6) is 0.413. The molecule has 0 radical (unpaired) electrons. The van der Waals surface area contributed by atoms with Gasteiger partial charge in [-0.25, -0.2) is 4.39 Å². The molecule has 8 heteroatoms. The number of carbonyl (C=O) groups excluding carboxylic acids is 1. The van der Waals surface area contributed by atoms with Crippen molar-refractivity contribution in [1.29, 1.82) is 0 Å². The molecule has 0 aliphatic heterocycles. The average molecular weight is 437 g/mol. The van der Waals surface area contributed by atoms with E-state index < -0.39 is 11.9 Å². The van der Waals surface area contributed by atoms with Gasteiger partial charge in [0.05, 0.1) is 6.04 Å². The molecule has 31 heavy (non-hydrogen) atoms. The van der Waals surface area contributed by atoms with E-state index in [1.165, 1.54) is 6.07 Å². The summed E-state index contributed by atoms with van der Waals surface area (Å²) in [5, 5.41) is 10.8. The zero-order valence-corrected chi connectivity index (χ0v) is 17.3. The molecule has 1 amide bonds. The molecule has 0 saturated carbocycles. The first-order chi connectivity index (χ1) is 15.2. The van der Waals surface area contributed by atoms with Gasteiger partial charge in [-0.15, -0.1) is 0 Å². The van der Waals surface area contributed by atoms with Crippen molar-refractivity contribution >= 4 is 17.2 Å². The van der Waals surface area contributed by atoms with Gasteiger partial charge in [0.1, 0.15) is 6.61 Å². The van der Waals surface area contributed by atoms with Crippen LogP contribution in [-0.2, 0) is 11.2 Å². The Bertz CT molecular complexity index is 1120. The zero-order valence-electron chi connectivity index (χ0n) is 16.5. The topological polar surface area (TPSA) is 77.2 Å². The Kier molecular flexibility index (Phi) is 6.68. The molecule has 6 nitrogen and oxygen atoms in total. The molecule has 2 aromatic heterocycles. The van der Waals surface area contributed by atoms with Gasteiger partial charge in [-0.3, -0.25) is 4.79 Å². The van der Waals surface area contributed by atoms with Crippen molar-refractivity contribution < 1.29 is 18.4 Å². The third kappa shape index (κ3) is 5.55. The number of aryl methyl sites for hydroxylation is 1. The lowest BCUT2D eigenvalue weighted by Crippen LogP contribution is -2.32. The monoisotopic (exact) mass is 437 g/mol. The molecule has 2 heterocycles. The van der Waals surface area contributed by atoms with Crippen LogP contribution in [0.1, 0.15) is 23.9 Å². The summed E-state index contributed by atoms with van der Waals surface area (Å²) in [6.45, 7) is 0.0968. The number of hydrogen-bond donors (Lipinski definition) is 1. The smallest absolute Gasteiger partial charge is 0.227 e. The first kappa shape index (κ1) is 20.7. The Morgan fingerprint density at radius 2 is 1.94 bits per heavy atom. The summed E-state index contributed by atoms with van der Waals surface area (Å²) in [6.07, 6.45) is 0.493. The molecule has 2 aromatic carbocycles. The third-order valence-electron chi connectivity index (χ3n) is 4.59. The SMILES string of the molecule is O=C(CCc1nc(-c2ccsc2)no1)NC(COc1ccccc1F)c1ccccc1. The van der Waals surface area contributed by atoms with Crippen molar-refractivity contribution in [2.24, 2.45) is 0 Å². The van der Waals surface area contributed by atoms with E-state index in [4.69, 9.17) is 9.26 Å². The fourth-order valence-corrected chi connectivity index (χ4v) is 3.63. The van der Waals surface area contributed by atoms with E-state index in [-0.39, 0.29) is 24.7 Å². The molecule has 1 atom stereocenters. The maximum Gasteiger partial charge on any atom is 0.227 e. The summed E-state index contributed by atoms with van der Waals surface area (Å²) >= 11 is 1.55. The highest BCUT2D eigenvalue weighted by Gasteiger charge is 2.18. The first-order valence-corrected chi connectivity index (χ1v) is 10.7. The van der Waals surface area contributed by atoms with E-state index >= 15 is 0 Å². The Hall–Kier alpha value is -3.52. The number of hydrogen-bond acceptors (Lipinski definition) is 6. The molecule has 1 unspecified atom stereocenters. The van der Waals surface area contributed by atoms with Gasteiger partial charge in [0.15, 0.2) is 11.6 Å². The number of nitrogens with one attached hydrogen (secondary N) is 1. The summed E-state index contributed by atoms with van der Waals surface area (Å²) in [4.78, 5) is 16.9. The molecule has 0 aliphatic rings. The molecular formula is C23H20FN3O3S. The van der Waals surface area contributed by atoms with Gasteiger partial charge in [0, 0.05) is 23.8 Å². The number of benzene rings is 2. The molecule has 0 bridgehead atoms. The highest BCUT2D eigenvalue weighted by atomic mass is 32.1. The zero-order chi connectivity index (χ0) is 21.5. The van der Waals surface area contributed by atoms with Gasteiger partial charge in [-0.2, -0.15) is 16.3 Å². The fourth-order valence-electron chi connectivity index (χ4n) is 2.99. The molecule has 0 aliphatic carbocycles. The van der Waals surface area contributed by atoms with Gasteiger partial charge < -0.3 is 14.6 Å². The van der Waals surface area contributed by atoms with Crippen molar-refractivity contribution in [3.63, 3.8) is 0 Å². The van der Waals surface area contributed by atoms with Crippen molar-refractivity contribution in [3.05, 3.63) is 88.7 Å². The van der Waals surface area contributed by atoms with Crippen LogP contribution in [0.2, 0.25) is 0 Å². The standard InChI is InChI=1S/C23H20FN3O3S/c24-18-8-4-5-9-20(18)29-14-19(16-6-2-1-3-7-16)25-21(28)10-11-22-26-23(27-30-22)17-12-13-31-15-17/h1-9,12-13,15,19H,10-11,14H2,(H,25,28). The van der Waals surface area contributed by atoms with Gasteiger partial charge in [0.2, 0.25) is 17.6 Å². The largest absolute Gasteiger partial charge is 0.488 e. The summed E-state index contributed by atoms with van der Waals surface area (Å²) in [7, 11) is 0. The van der Waals surface area contributed by atoms with Crippen LogP contribution in [-0.4, -0.2) is 22.7 Å². The quantitative estimate of drug-likeness (QED) is 0.407. The van der Waals surface area contributed by atoms with Crippen molar-refractivity contribution in [2.75, 3.05) is 6.61 Å². The van der Waals surface area contributed by atoms with Crippen LogP contribution in [0.3, 0.4) is 0 Å². The van der Waals surface area contributed by atoms with E-state index in [2.05, 4.69) is 15.5 Å². The number of thiophene rings is 1.